The van der Waals surface area contributed by atoms with E-state index in [-0.39, 0.29) is 18.4 Å². The van der Waals surface area contributed by atoms with Gasteiger partial charge >= 0.3 is 0 Å². The van der Waals surface area contributed by atoms with Gasteiger partial charge in [0.1, 0.15) is 0 Å². The van der Waals surface area contributed by atoms with E-state index < -0.39 is 0 Å². The maximum absolute atomic E-state index is 12.3. The van der Waals surface area contributed by atoms with Crippen molar-refractivity contribution in [1.29, 1.82) is 0 Å². The quantitative estimate of drug-likeness (QED) is 0.717. The first-order valence-electron chi connectivity index (χ1n) is 7.52. The van der Waals surface area contributed by atoms with Crippen LogP contribution in [0.3, 0.4) is 0 Å². The van der Waals surface area contributed by atoms with Crippen LogP contribution in [0.1, 0.15) is 42.1 Å². The Morgan fingerprint density at radius 2 is 2.05 bits per heavy atom. The largest absolute Gasteiger partial charge is 0.384 e. The van der Waals surface area contributed by atoms with Gasteiger partial charge in [-0.1, -0.05) is 18.6 Å². The Morgan fingerprint density at radius 3 is 2.71 bits per heavy atom. The second-order valence-electron chi connectivity index (χ2n) is 5.50. The highest BCUT2D eigenvalue weighted by atomic mass is 16.2. The number of amides is 2. The smallest absolute Gasteiger partial charge is 0.253 e. The van der Waals surface area contributed by atoms with E-state index in [4.69, 9.17) is 0 Å². The number of anilines is 1. The molecule has 0 atom stereocenters. The van der Waals surface area contributed by atoms with Crippen molar-refractivity contribution < 1.29 is 9.59 Å². The van der Waals surface area contributed by atoms with Crippen LogP contribution < -0.4 is 16.0 Å². The average Bonchev–Trinajstić information content (AvgIpc) is 3.27. The highest BCUT2D eigenvalue weighted by molar-refractivity contribution is 6.01. The second-order valence-corrected chi connectivity index (χ2v) is 5.50. The Morgan fingerprint density at radius 1 is 1.29 bits per heavy atom. The first kappa shape index (κ1) is 15.4. The maximum atomic E-state index is 12.3. The molecular formula is C16H23N3O2. The van der Waals surface area contributed by atoms with Gasteiger partial charge in [-0.05, 0) is 38.3 Å². The van der Waals surface area contributed by atoms with Crippen LogP contribution in [0.15, 0.2) is 18.2 Å². The van der Waals surface area contributed by atoms with Gasteiger partial charge in [-0.15, -0.1) is 0 Å². The predicted molar refractivity (Wildman–Crippen MR) is 83.5 cm³/mol. The third kappa shape index (κ3) is 4.77. The molecule has 5 heteroatoms. The van der Waals surface area contributed by atoms with Gasteiger partial charge < -0.3 is 16.0 Å². The minimum atomic E-state index is -0.219. The molecule has 0 aliphatic heterocycles. The fourth-order valence-corrected chi connectivity index (χ4v) is 2.02. The zero-order chi connectivity index (χ0) is 15.2. The molecule has 2 rings (SSSR count). The molecule has 0 saturated heterocycles. The van der Waals surface area contributed by atoms with Gasteiger partial charge in [0.2, 0.25) is 5.91 Å². The van der Waals surface area contributed by atoms with E-state index >= 15 is 0 Å². The average molecular weight is 289 g/mol. The standard InChI is InChI=1S/C16H23N3O2/c1-3-8-17-14-7-4-11(2)9-13(14)16(21)18-10-15(20)19-12-5-6-12/h4,7,9,12,17H,3,5-6,8,10H2,1-2H3,(H,18,21)(H,19,20). The summed E-state index contributed by atoms with van der Waals surface area (Å²) >= 11 is 0. The number of carbonyl (C=O) groups excluding carboxylic acids is 2. The van der Waals surface area contributed by atoms with Gasteiger partial charge in [0, 0.05) is 18.3 Å². The van der Waals surface area contributed by atoms with Crippen molar-refractivity contribution in [3.63, 3.8) is 0 Å². The van der Waals surface area contributed by atoms with Gasteiger partial charge in [-0.2, -0.15) is 0 Å². The molecule has 1 aliphatic rings. The van der Waals surface area contributed by atoms with Crippen molar-refractivity contribution in [2.75, 3.05) is 18.4 Å². The zero-order valence-electron chi connectivity index (χ0n) is 12.7. The molecule has 1 fully saturated rings. The SMILES string of the molecule is CCCNc1ccc(C)cc1C(=O)NCC(=O)NC1CC1. The zero-order valence-corrected chi connectivity index (χ0v) is 12.7. The molecule has 21 heavy (non-hydrogen) atoms. The molecule has 0 bridgehead atoms. The van der Waals surface area contributed by atoms with E-state index in [9.17, 15) is 9.59 Å². The molecule has 0 heterocycles. The molecule has 1 saturated carbocycles. The van der Waals surface area contributed by atoms with E-state index in [0.29, 0.717) is 11.6 Å². The Labute approximate surface area is 125 Å². The van der Waals surface area contributed by atoms with E-state index in [2.05, 4.69) is 22.9 Å². The van der Waals surface area contributed by atoms with E-state index in [1.165, 1.54) is 0 Å². The van der Waals surface area contributed by atoms with Gasteiger partial charge in [-0.25, -0.2) is 0 Å². The van der Waals surface area contributed by atoms with Crippen LogP contribution in [0, 0.1) is 6.92 Å². The van der Waals surface area contributed by atoms with Crippen molar-refractivity contribution in [3.8, 4) is 0 Å². The molecule has 5 nitrogen and oxygen atoms in total. The molecule has 2 amide bonds. The lowest BCUT2D eigenvalue weighted by molar-refractivity contribution is -0.120. The highest BCUT2D eigenvalue weighted by Crippen LogP contribution is 2.19. The van der Waals surface area contributed by atoms with Gasteiger partial charge in [-0.3, -0.25) is 9.59 Å². The number of nitrogens with one attached hydrogen (secondary N) is 3. The number of aryl methyl sites for hydroxylation is 1. The van der Waals surface area contributed by atoms with Gasteiger partial charge in [0.25, 0.3) is 5.91 Å². The Kier molecular flexibility index (Phi) is 5.20. The van der Waals surface area contributed by atoms with Crippen molar-refractivity contribution in [2.45, 2.75) is 39.2 Å². The third-order valence-corrected chi connectivity index (χ3v) is 3.34. The van der Waals surface area contributed by atoms with Crippen LogP contribution in [0.2, 0.25) is 0 Å². The number of benzene rings is 1. The van der Waals surface area contributed by atoms with Crippen molar-refractivity contribution >= 4 is 17.5 Å². The lowest BCUT2D eigenvalue weighted by atomic mass is 10.1. The summed E-state index contributed by atoms with van der Waals surface area (Å²) in [6.07, 6.45) is 3.07. The van der Waals surface area contributed by atoms with E-state index in [0.717, 1.165) is 37.1 Å². The molecule has 0 aromatic heterocycles. The molecule has 114 valence electrons. The number of rotatable bonds is 7. The highest BCUT2D eigenvalue weighted by Gasteiger charge is 2.23. The maximum Gasteiger partial charge on any atom is 0.253 e. The van der Waals surface area contributed by atoms with Crippen LogP contribution in [0.25, 0.3) is 0 Å². The summed E-state index contributed by atoms with van der Waals surface area (Å²) in [7, 11) is 0. The topological polar surface area (TPSA) is 70.2 Å². The fourth-order valence-electron chi connectivity index (χ4n) is 2.02. The molecule has 0 spiro atoms. The van der Waals surface area contributed by atoms with Crippen LogP contribution in [0.5, 0.6) is 0 Å². The van der Waals surface area contributed by atoms with E-state index in [1.807, 2.05) is 25.1 Å². The summed E-state index contributed by atoms with van der Waals surface area (Å²) in [6.45, 7) is 4.85. The summed E-state index contributed by atoms with van der Waals surface area (Å²) in [5.74, 6) is -0.343. The van der Waals surface area contributed by atoms with Crippen molar-refractivity contribution in [2.24, 2.45) is 0 Å². The molecule has 3 N–H and O–H groups in total. The molecule has 1 aliphatic carbocycles. The number of hydrogen-bond acceptors (Lipinski definition) is 3. The summed E-state index contributed by atoms with van der Waals surface area (Å²) in [4.78, 5) is 23.9. The van der Waals surface area contributed by atoms with Crippen LogP contribution >= 0.6 is 0 Å². The number of carbonyl (C=O) groups is 2. The number of hydrogen-bond donors (Lipinski definition) is 3. The monoisotopic (exact) mass is 289 g/mol. The molecular weight excluding hydrogens is 266 g/mol. The third-order valence-electron chi connectivity index (χ3n) is 3.34. The molecule has 0 radical (unpaired) electrons. The second kappa shape index (κ2) is 7.11. The Bertz CT molecular complexity index is 524. The van der Waals surface area contributed by atoms with Gasteiger partial charge in [0.05, 0.1) is 12.1 Å². The van der Waals surface area contributed by atoms with E-state index in [1.54, 1.807) is 0 Å². The first-order valence-corrected chi connectivity index (χ1v) is 7.52. The van der Waals surface area contributed by atoms with Crippen LogP contribution in [-0.2, 0) is 4.79 Å². The Hall–Kier alpha value is -2.04. The van der Waals surface area contributed by atoms with Crippen LogP contribution in [-0.4, -0.2) is 30.9 Å². The Balaban J connectivity index is 1.95. The summed E-state index contributed by atoms with van der Waals surface area (Å²) in [5.41, 5.74) is 2.41. The van der Waals surface area contributed by atoms with Crippen molar-refractivity contribution in [1.82, 2.24) is 10.6 Å². The molecule has 1 aromatic carbocycles. The lowest BCUT2D eigenvalue weighted by Crippen LogP contribution is -2.38. The summed E-state index contributed by atoms with van der Waals surface area (Å²) in [5, 5.41) is 8.78. The summed E-state index contributed by atoms with van der Waals surface area (Å²) in [6, 6.07) is 6.03. The summed E-state index contributed by atoms with van der Waals surface area (Å²) < 4.78 is 0. The lowest BCUT2D eigenvalue weighted by Gasteiger charge is -2.12. The normalized spacial score (nSPS) is 13.6. The predicted octanol–water partition coefficient (Wildman–Crippen LogP) is 1.83. The minimum absolute atomic E-state index is 0.0243. The first-order chi connectivity index (χ1) is 10.1. The molecule has 1 aromatic rings. The minimum Gasteiger partial charge on any atom is -0.384 e. The van der Waals surface area contributed by atoms with Crippen molar-refractivity contribution in [3.05, 3.63) is 29.3 Å². The van der Waals surface area contributed by atoms with Crippen LogP contribution in [0.4, 0.5) is 5.69 Å². The van der Waals surface area contributed by atoms with Gasteiger partial charge in [0.15, 0.2) is 0 Å². The fraction of sp³-hybridized carbons (Fsp3) is 0.500. The molecule has 0 unspecified atom stereocenters.